The zero-order valence-electron chi connectivity index (χ0n) is 18.6. The molecule has 3 rings (SSSR count). The first-order valence-corrected chi connectivity index (χ1v) is 10.4. The monoisotopic (exact) mass is 429 g/mol. The van der Waals surface area contributed by atoms with Crippen molar-refractivity contribution < 1.29 is 14.3 Å². The number of nitrogens with zero attached hydrogens (tertiary/aromatic N) is 5. The number of aliphatic imine (C=N–C) groups is 1. The van der Waals surface area contributed by atoms with Gasteiger partial charge >= 0.3 is 6.09 Å². The first-order valence-electron chi connectivity index (χ1n) is 10.4. The molecule has 10 nitrogen and oxygen atoms in total. The van der Waals surface area contributed by atoms with Crippen LogP contribution in [-0.4, -0.2) is 65.1 Å². The number of ether oxygens (including phenoxy) is 2. The minimum absolute atomic E-state index is 0.212. The summed E-state index contributed by atoms with van der Waals surface area (Å²) in [5, 5.41) is 15.2. The Morgan fingerprint density at radius 3 is 2.48 bits per heavy atom. The highest BCUT2D eigenvalue weighted by molar-refractivity contribution is 5.80. The van der Waals surface area contributed by atoms with Crippen LogP contribution in [0.1, 0.15) is 30.1 Å². The summed E-state index contributed by atoms with van der Waals surface area (Å²) >= 11 is 0. The van der Waals surface area contributed by atoms with Gasteiger partial charge in [0.05, 0.1) is 27.3 Å². The topological polar surface area (TPSA) is 106 Å². The Morgan fingerprint density at radius 1 is 1.19 bits per heavy atom. The van der Waals surface area contributed by atoms with E-state index in [0.29, 0.717) is 32.1 Å². The Bertz CT molecular complexity index is 887. The minimum atomic E-state index is -0.275. The molecule has 2 heterocycles. The molecule has 0 atom stereocenters. The van der Waals surface area contributed by atoms with E-state index in [-0.39, 0.29) is 12.1 Å². The second kappa shape index (κ2) is 10.6. The Labute approximate surface area is 182 Å². The van der Waals surface area contributed by atoms with Crippen LogP contribution in [0.5, 0.6) is 5.75 Å². The summed E-state index contributed by atoms with van der Waals surface area (Å²) in [6, 6.07) is 8.07. The lowest BCUT2D eigenvalue weighted by Gasteiger charge is -2.32. The molecule has 31 heavy (non-hydrogen) atoms. The fourth-order valence-electron chi connectivity index (χ4n) is 3.35. The van der Waals surface area contributed by atoms with E-state index in [4.69, 9.17) is 14.5 Å². The van der Waals surface area contributed by atoms with E-state index in [2.05, 4.69) is 20.8 Å². The van der Waals surface area contributed by atoms with Crippen LogP contribution in [0.4, 0.5) is 4.79 Å². The van der Waals surface area contributed by atoms with Crippen LogP contribution < -0.4 is 15.4 Å². The van der Waals surface area contributed by atoms with E-state index in [0.717, 1.165) is 35.8 Å². The maximum Gasteiger partial charge on any atom is 0.409 e. The van der Waals surface area contributed by atoms with Gasteiger partial charge in [-0.2, -0.15) is 0 Å². The van der Waals surface area contributed by atoms with E-state index >= 15 is 0 Å². The van der Waals surface area contributed by atoms with Gasteiger partial charge in [-0.15, -0.1) is 10.2 Å². The molecule has 0 aliphatic carbocycles. The van der Waals surface area contributed by atoms with Gasteiger partial charge in [0.1, 0.15) is 11.6 Å². The smallest absolute Gasteiger partial charge is 0.409 e. The number of piperidine rings is 1. The highest BCUT2D eigenvalue weighted by atomic mass is 16.5. The number of amides is 1. The van der Waals surface area contributed by atoms with E-state index in [1.807, 2.05) is 42.8 Å². The van der Waals surface area contributed by atoms with Gasteiger partial charge in [-0.05, 0) is 37.5 Å². The Hall–Kier alpha value is -3.30. The molecule has 1 saturated heterocycles. The third-order valence-corrected chi connectivity index (χ3v) is 5.44. The molecular formula is C21H31N7O3. The number of hydrogen-bond acceptors (Lipinski definition) is 6. The van der Waals surface area contributed by atoms with Crippen molar-refractivity contribution in [2.75, 3.05) is 27.3 Å². The quantitative estimate of drug-likeness (QED) is 0.531. The highest BCUT2D eigenvalue weighted by Crippen LogP contribution is 2.13. The van der Waals surface area contributed by atoms with Gasteiger partial charge in [-0.1, -0.05) is 12.1 Å². The first-order chi connectivity index (χ1) is 15.0. The van der Waals surface area contributed by atoms with Crippen molar-refractivity contribution in [3.8, 4) is 5.75 Å². The molecule has 2 aromatic rings. The molecule has 1 fully saturated rings. The van der Waals surface area contributed by atoms with Crippen LogP contribution >= 0.6 is 0 Å². The molecule has 168 valence electrons. The number of carbonyl (C=O) groups excluding carboxylic acids is 1. The van der Waals surface area contributed by atoms with Crippen molar-refractivity contribution in [2.24, 2.45) is 12.0 Å². The third-order valence-electron chi connectivity index (χ3n) is 5.44. The molecule has 1 aromatic carbocycles. The lowest BCUT2D eigenvalue weighted by atomic mass is 10.1. The van der Waals surface area contributed by atoms with Crippen molar-refractivity contribution in [2.45, 2.75) is 38.9 Å². The van der Waals surface area contributed by atoms with Crippen LogP contribution in [0, 0.1) is 6.92 Å². The molecular weight excluding hydrogens is 398 g/mol. The number of nitrogens with one attached hydrogen (secondary N) is 2. The van der Waals surface area contributed by atoms with Crippen molar-refractivity contribution in [1.29, 1.82) is 0 Å². The molecule has 1 aliphatic heterocycles. The molecule has 0 saturated carbocycles. The maximum absolute atomic E-state index is 11.7. The molecule has 2 N–H and O–H groups in total. The molecule has 0 spiro atoms. The Balaban J connectivity index is 1.64. The number of aryl methyl sites for hydroxylation is 1. The third kappa shape index (κ3) is 6.09. The predicted octanol–water partition coefficient (Wildman–Crippen LogP) is 1.60. The summed E-state index contributed by atoms with van der Waals surface area (Å²) < 4.78 is 12.0. The van der Waals surface area contributed by atoms with E-state index in [9.17, 15) is 4.79 Å². The van der Waals surface area contributed by atoms with E-state index < -0.39 is 0 Å². The summed E-state index contributed by atoms with van der Waals surface area (Å²) in [5.41, 5.74) is 1.08. The van der Waals surface area contributed by atoms with Gasteiger partial charge in [-0.25, -0.2) is 9.79 Å². The van der Waals surface area contributed by atoms with Crippen molar-refractivity contribution in [3.63, 3.8) is 0 Å². The summed E-state index contributed by atoms with van der Waals surface area (Å²) in [7, 11) is 5.00. The predicted molar refractivity (Wildman–Crippen MR) is 117 cm³/mol. The van der Waals surface area contributed by atoms with Gasteiger partial charge in [0.25, 0.3) is 0 Å². The van der Waals surface area contributed by atoms with E-state index in [1.54, 1.807) is 12.0 Å². The molecule has 1 aliphatic rings. The van der Waals surface area contributed by atoms with Crippen LogP contribution in [0.15, 0.2) is 29.3 Å². The molecule has 1 aromatic heterocycles. The fourth-order valence-corrected chi connectivity index (χ4v) is 3.35. The molecule has 1 amide bonds. The van der Waals surface area contributed by atoms with Crippen LogP contribution in [0.2, 0.25) is 0 Å². The normalized spacial score (nSPS) is 15.0. The number of methoxy groups -OCH3 is 2. The fraction of sp³-hybridized carbons (Fsp3) is 0.524. The second-order valence-corrected chi connectivity index (χ2v) is 7.46. The second-order valence-electron chi connectivity index (χ2n) is 7.46. The zero-order valence-corrected chi connectivity index (χ0v) is 18.6. The molecule has 10 heteroatoms. The number of guanidine groups is 1. The first kappa shape index (κ1) is 22.4. The number of benzene rings is 1. The number of rotatable bonds is 6. The standard InChI is InChI=1S/C21H31N7O3/c1-15-25-26-19(27(15)2)14-23-20(22-13-16-5-7-18(30-3)8-6-16)24-17-9-11-28(12-10-17)21(29)31-4/h5-8,17H,9-14H2,1-4H3,(H2,22,23,24). The van der Waals surface area contributed by atoms with Crippen molar-refractivity contribution in [3.05, 3.63) is 41.5 Å². The largest absolute Gasteiger partial charge is 0.497 e. The zero-order chi connectivity index (χ0) is 22.2. The Kier molecular flexibility index (Phi) is 7.69. The molecule has 0 bridgehead atoms. The highest BCUT2D eigenvalue weighted by Gasteiger charge is 2.23. The average molecular weight is 430 g/mol. The summed E-state index contributed by atoms with van der Waals surface area (Å²) in [5.74, 6) is 3.21. The van der Waals surface area contributed by atoms with Crippen molar-refractivity contribution in [1.82, 2.24) is 30.3 Å². The molecule has 0 radical (unpaired) electrons. The summed E-state index contributed by atoms with van der Waals surface area (Å²) in [4.78, 5) is 18.2. The average Bonchev–Trinajstić information content (AvgIpc) is 3.13. The summed E-state index contributed by atoms with van der Waals surface area (Å²) in [6.07, 6.45) is 1.37. The Morgan fingerprint density at radius 2 is 1.90 bits per heavy atom. The van der Waals surface area contributed by atoms with Crippen molar-refractivity contribution >= 4 is 12.1 Å². The van der Waals surface area contributed by atoms with Crippen LogP contribution in [-0.2, 0) is 24.9 Å². The lowest BCUT2D eigenvalue weighted by molar-refractivity contribution is 0.111. The van der Waals surface area contributed by atoms with Gasteiger partial charge in [0.2, 0.25) is 0 Å². The number of aromatic nitrogens is 3. The minimum Gasteiger partial charge on any atom is -0.497 e. The van der Waals surface area contributed by atoms with Gasteiger partial charge in [-0.3, -0.25) is 0 Å². The van der Waals surface area contributed by atoms with Crippen LogP contribution in [0.3, 0.4) is 0 Å². The SMILES string of the molecule is COC(=O)N1CCC(NC(=NCc2ccc(OC)cc2)NCc2nnc(C)n2C)CC1. The van der Waals surface area contributed by atoms with Crippen LogP contribution in [0.25, 0.3) is 0 Å². The number of likely N-dealkylation sites (tertiary alicyclic amines) is 1. The number of hydrogen-bond donors (Lipinski definition) is 2. The number of carbonyl (C=O) groups is 1. The van der Waals surface area contributed by atoms with Gasteiger partial charge < -0.3 is 29.6 Å². The lowest BCUT2D eigenvalue weighted by Crippen LogP contribution is -2.49. The maximum atomic E-state index is 11.7. The van der Waals surface area contributed by atoms with E-state index in [1.165, 1.54) is 7.11 Å². The molecule has 0 unspecified atom stereocenters. The van der Waals surface area contributed by atoms with Gasteiger partial charge in [0, 0.05) is 26.2 Å². The van der Waals surface area contributed by atoms with Gasteiger partial charge in [0.15, 0.2) is 11.8 Å². The summed E-state index contributed by atoms with van der Waals surface area (Å²) in [6.45, 7) is 4.25.